The van der Waals surface area contributed by atoms with E-state index in [1.807, 2.05) is 0 Å². The molecule has 0 bridgehead atoms. The molecule has 1 aromatic rings. The van der Waals surface area contributed by atoms with Gasteiger partial charge in [-0.25, -0.2) is 0 Å². The van der Waals surface area contributed by atoms with Gasteiger partial charge in [-0.15, -0.1) is 11.8 Å². The van der Waals surface area contributed by atoms with Crippen molar-refractivity contribution in [2.24, 2.45) is 0 Å². The van der Waals surface area contributed by atoms with Crippen LogP contribution in [0, 0.1) is 0 Å². The molecule has 19 heavy (non-hydrogen) atoms. The molecule has 0 amide bonds. The molecule has 0 aromatic heterocycles. The standard InChI is InChI=1S/C12H15F3O2S2/c13-12(14,15)9-2-1-3-11(6-9)19-5-4-18-8-10(17)7-16/h1-3,6,10,16-17H,4-5,7-8H2. The number of thioether (sulfide) groups is 2. The van der Waals surface area contributed by atoms with Crippen LogP contribution in [0.3, 0.4) is 0 Å². The molecule has 108 valence electrons. The molecular formula is C12H15F3O2S2. The number of alkyl halides is 3. The summed E-state index contributed by atoms with van der Waals surface area (Å²) in [6.07, 6.45) is -5.04. The smallest absolute Gasteiger partial charge is 0.394 e. The van der Waals surface area contributed by atoms with Crippen molar-refractivity contribution in [3.05, 3.63) is 29.8 Å². The summed E-state index contributed by atoms with van der Waals surface area (Å²) in [6.45, 7) is -0.270. The summed E-state index contributed by atoms with van der Waals surface area (Å²) in [4.78, 5) is 0.582. The van der Waals surface area contributed by atoms with Gasteiger partial charge in [-0.2, -0.15) is 24.9 Å². The summed E-state index contributed by atoms with van der Waals surface area (Å²) in [5, 5.41) is 17.7. The van der Waals surface area contributed by atoms with Crippen molar-refractivity contribution in [3.63, 3.8) is 0 Å². The van der Waals surface area contributed by atoms with Gasteiger partial charge in [-0.3, -0.25) is 0 Å². The van der Waals surface area contributed by atoms with Gasteiger partial charge in [0, 0.05) is 22.2 Å². The maximum Gasteiger partial charge on any atom is 0.416 e. The largest absolute Gasteiger partial charge is 0.416 e. The third-order valence-electron chi connectivity index (χ3n) is 2.18. The van der Waals surface area contributed by atoms with Crippen molar-refractivity contribution < 1.29 is 23.4 Å². The van der Waals surface area contributed by atoms with Gasteiger partial charge in [0.1, 0.15) is 0 Å². The quantitative estimate of drug-likeness (QED) is 0.600. The van der Waals surface area contributed by atoms with Gasteiger partial charge in [0.15, 0.2) is 0 Å². The third kappa shape index (κ3) is 6.56. The van der Waals surface area contributed by atoms with E-state index in [0.29, 0.717) is 22.2 Å². The molecule has 0 aliphatic rings. The lowest BCUT2D eigenvalue weighted by atomic mass is 10.2. The number of aliphatic hydroxyl groups excluding tert-OH is 2. The minimum atomic E-state index is -4.31. The van der Waals surface area contributed by atoms with E-state index >= 15 is 0 Å². The highest BCUT2D eigenvalue weighted by atomic mass is 32.2. The summed E-state index contributed by atoms with van der Waals surface area (Å²) in [7, 11) is 0. The molecule has 0 aliphatic heterocycles. The van der Waals surface area contributed by atoms with Crippen molar-refractivity contribution in [1.29, 1.82) is 0 Å². The topological polar surface area (TPSA) is 40.5 Å². The molecule has 0 saturated heterocycles. The van der Waals surface area contributed by atoms with Crippen molar-refractivity contribution in [2.75, 3.05) is 23.9 Å². The Kier molecular flexibility index (Phi) is 7.06. The lowest BCUT2D eigenvalue weighted by molar-refractivity contribution is -0.137. The molecule has 0 saturated carbocycles. The van der Waals surface area contributed by atoms with Crippen LogP contribution < -0.4 is 0 Å². The number of hydrogen-bond acceptors (Lipinski definition) is 4. The van der Waals surface area contributed by atoms with Gasteiger partial charge in [0.2, 0.25) is 0 Å². The van der Waals surface area contributed by atoms with Crippen molar-refractivity contribution in [1.82, 2.24) is 0 Å². The molecule has 0 heterocycles. The second-order valence-electron chi connectivity index (χ2n) is 3.79. The second kappa shape index (κ2) is 8.04. The fourth-order valence-corrected chi connectivity index (χ4v) is 3.22. The summed E-state index contributed by atoms with van der Waals surface area (Å²) in [5.74, 6) is 1.79. The maximum atomic E-state index is 12.5. The van der Waals surface area contributed by atoms with E-state index in [2.05, 4.69) is 0 Å². The molecule has 1 atom stereocenters. The maximum absolute atomic E-state index is 12.5. The normalized spacial score (nSPS) is 13.5. The highest BCUT2D eigenvalue weighted by Crippen LogP contribution is 2.31. The van der Waals surface area contributed by atoms with Gasteiger partial charge in [0.05, 0.1) is 18.3 Å². The van der Waals surface area contributed by atoms with Crippen LogP contribution >= 0.6 is 23.5 Å². The van der Waals surface area contributed by atoms with Gasteiger partial charge in [-0.1, -0.05) is 6.07 Å². The van der Waals surface area contributed by atoms with Crippen LogP contribution in [-0.2, 0) is 6.18 Å². The molecule has 2 nitrogen and oxygen atoms in total. The van der Waals surface area contributed by atoms with Gasteiger partial charge >= 0.3 is 6.18 Å². The highest BCUT2D eigenvalue weighted by molar-refractivity contribution is 8.03. The lowest BCUT2D eigenvalue weighted by Gasteiger charge is -2.09. The summed E-state index contributed by atoms with van der Waals surface area (Å²) >= 11 is 2.81. The third-order valence-corrected chi connectivity index (χ3v) is 4.55. The molecule has 1 aromatic carbocycles. The number of benzene rings is 1. The van der Waals surface area contributed by atoms with Crippen molar-refractivity contribution >= 4 is 23.5 Å². The second-order valence-corrected chi connectivity index (χ2v) is 6.10. The van der Waals surface area contributed by atoms with Gasteiger partial charge in [0.25, 0.3) is 0 Å². The summed E-state index contributed by atoms with van der Waals surface area (Å²) in [6, 6.07) is 5.23. The molecule has 0 fully saturated rings. The Hall–Kier alpha value is -0.370. The number of hydrogen-bond donors (Lipinski definition) is 2. The first kappa shape index (κ1) is 16.7. The fourth-order valence-electron chi connectivity index (χ4n) is 1.25. The Morgan fingerprint density at radius 2 is 1.95 bits per heavy atom. The van der Waals surface area contributed by atoms with Crippen molar-refractivity contribution in [2.45, 2.75) is 17.2 Å². The van der Waals surface area contributed by atoms with E-state index < -0.39 is 17.8 Å². The highest BCUT2D eigenvalue weighted by Gasteiger charge is 2.30. The minimum Gasteiger partial charge on any atom is -0.394 e. The number of halogens is 3. The average molecular weight is 312 g/mol. The van der Waals surface area contributed by atoms with Crippen LogP contribution in [0.1, 0.15) is 5.56 Å². The zero-order valence-corrected chi connectivity index (χ0v) is 11.7. The van der Waals surface area contributed by atoms with Crippen LogP contribution in [0.15, 0.2) is 29.2 Å². The van der Waals surface area contributed by atoms with E-state index in [1.54, 1.807) is 6.07 Å². The zero-order chi connectivity index (χ0) is 14.3. The minimum absolute atomic E-state index is 0.270. The first-order valence-electron chi connectivity index (χ1n) is 5.60. The number of rotatable bonds is 7. The van der Waals surface area contributed by atoms with Crippen LogP contribution in [0.2, 0.25) is 0 Å². The zero-order valence-electron chi connectivity index (χ0n) is 10.1. The molecular weight excluding hydrogens is 297 g/mol. The monoisotopic (exact) mass is 312 g/mol. The Bertz CT molecular complexity index is 385. The number of aliphatic hydroxyl groups is 2. The molecule has 2 N–H and O–H groups in total. The predicted molar refractivity (Wildman–Crippen MR) is 72.6 cm³/mol. The molecule has 0 aliphatic carbocycles. The van der Waals surface area contributed by atoms with E-state index in [4.69, 9.17) is 10.2 Å². The molecule has 0 radical (unpaired) electrons. The molecule has 7 heteroatoms. The van der Waals surface area contributed by atoms with E-state index in [9.17, 15) is 13.2 Å². The Balaban J connectivity index is 2.34. The Morgan fingerprint density at radius 1 is 1.21 bits per heavy atom. The SMILES string of the molecule is OCC(O)CSCCSc1cccc(C(F)(F)F)c1. The first-order valence-corrected chi connectivity index (χ1v) is 7.74. The van der Waals surface area contributed by atoms with E-state index in [-0.39, 0.29) is 6.61 Å². The van der Waals surface area contributed by atoms with Crippen LogP contribution in [0.4, 0.5) is 13.2 Å². The van der Waals surface area contributed by atoms with E-state index in [1.165, 1.54) is 29.6 Å². The summed E-state index contributed by atoms with van der Waals surface area (Å²) < 4.78 is 37.4. The van der Waals surface area contributed by atoms with Gasteiger partial charge < -0.3 is 10.2 Å². The van der Waals surface area contributed by atoms with Crippen molar-refractivity contribution in [3.8, 4) is 0 Å². The Morgan fingerprint density at radius 3 is 2.58 bits per heavy atom. The lowest BCUT2D eigenvalue weighted by Crippen LogP contribution is -2.15. The summed E-state index contributed by atoms with van der Waals surface area (Å²) in [5.41, 5.74) is -0.638. The molecule has 1 rings (SSSR count). The Labute approximate surface area is 118 Å². The van der Waals surface area contributed by atoms with Crippen LogP contribution in [0.25, 0.3) is 0 Å². The fraction of sp³-hybridized carbons (Fsp3) is 0.500. The molecule has 1 unspecified atom stereocenters. The van der Waals surface area contributed by atoms with Crippen LogP contribution in [0.5, 0.6) is 0 Å². The predicted octanol–water partition coefficient (Wildman–Crippen LogP) is 2.88. The van der Waals surface area contributed by atoms with Crippen LogP contribution in [-0.4, -0.2) is 40.2 Å². The average Bonchev–Trinajstić information content (AvgIpc) is 2.37. The first-order chi connectivity index (χ1) is 8.93. The molecule has 0 spiro atoms. The van der Waals surface area contributed by atoms with E-state index in [0.717, 1.165) is 12.1 Å². The van der Waals surface area contributed by atoms with Gasteiger partial charge in [-0.05, 0) is 18.2 Å².